The third-order valence-corrected chi connectivity index (χ3v) is 10.7. The Bertz CT molecular complexity index is 1970. The van der Waals surface area contributed by atoms with Crippen molar-refractivity contribution in [3.63, 3.8) is 0 Å². The predicted octanol–water partition coefficient (Wildman–Crippen LogP) is 8.40. The van der Waals surface area contributed by atoms with E-state index in [2.05, 4.69) is 56.8 Å². The van der Waals surface area contributed by atoms with Crippen LogP contribution >= 0.6 is 0 Å². The smallest absolute Gasteiger partial charge is 0.410 e. The molecule has 10 heteroatoms. The van der Waals surface area contributed by atoms with Crippen LogP contribution < -0.4 is 0 Å². The Kier molecular flexibility index (Phi) is 12.8. The summed E-state index contributed by atoms with van der Waals surface area (Å²) in [5, 5.41) is 1.15. The van der Waals surface area contributed by atoms with Crippen molar-refractivity contribution in [2.75, 3.05) is 33.9 Å². The summed E-state index contributed by atoms with van der Waals surface area (Å²) in [7, 11) is 3.07. The number of carbonyl (C=O) groups is 4. The zero-order valence-corrected chi connectivity index (χ0v) is 32.9. The summed E-state index contributed by atoms with van der Waals surface area (Å²) in [5.74, 6) is -0.841. The van der Waals surface area contributed by atoms with E-state index >= 15 is 4.79 Å². The minimum atomic E-state index is -0.650. The molecule has 2 aliphatic rings. The van der Waals surface area contributed by atoms with Crippen LogP contribution in [0.3, 0.4) is 0 Å². The highest BCUT2D eigenvalue weighted by Crippen LogP contribution is 2.40. The summed E-state index contributed by atoms with van der Waals surface area (Å²) in [6.45, 7) is 8.35. The Morgan fingerprint density at radius 3 is 2.33 bits per heavy atom. The van der Waals surface area contributed by atoms with Gasteiger partial charge in [0.2, 0.25) is 5.91 Å². The van der Waals surface area contributed by atoms with Gasteiger partial charge in [0, 0.05) is 81.4 Å². The number of aromatic nitrogens is 1. The molecule has 0 N–H and O–H groups in total. The van der Waals surface area contributed by atoms with E-state index < -0.39 is 17.6 Å². The van der Waals surface area contributed by atoms with Gasteiger partial charge in [0.15, 0.2) is 5.78 Å². The fourth-order valence-corrected chi connectivity index (χ4v) is 7.71. The molecule has 4 aromatic rings. The molecular weight excluding hydrogens is 695 g/mol. The third kappa shape index (κ3) is 10.0. The molecule has 1 aliphatic heterocycles. The number of amides is 2. The van der Waals surface area contributed by atoms with Crippen molar-refractivity contribution in [3.8, 4) is 11.1 Å². The molecule has 2 fully saturated rings. The van der Waals surface area contributed by atoms with E-state index in [1.807, 2.05) is 57.2 Å². The van der Waals surface area contributed by atoms with Crippen molar-refractivity contribution >= 4 is 34.7 Å². The SMILES string of the molecule is COCCCn1cc(CN(C(=O)[C@H]2CN(C(=O)OC(C)(C)C)CC[C@@H]2c2cccc(-c3ccc(C(=O)CCCC(=O)OC)cc3)c2)C2CC2)c2ccccc21. The first-order valence-corrected chi connectivity index (χ1v) is 19.6. The van der Waals surface area contributed by atoms with Gasteiger partial charge < -0.3 is 28.6 Å². The molecule has 1 aliphatic carbocycles. The molecule has 55 heavy (non-hydrogen) atoms. The number of fused-ring (bicyclic) bond motifs is 1. The van der Waals surface area contributed by atoms with Crippen LogP contribution in [0.1, 0.15) is 93.1 Å². The number of para-hydroxylation sites is 1. The zero-order chi connectivity index (χ0) is 39.1. The molecule has 0 spiro atoms. The van der Waals surface area contributed by atoms with Gasteiger partial charge in [-0.05, 0) is 87.1 Å². The van der Waals surface area contributed by atoms with Crippen LogP contribution in [0.15, 0.2) is 79.0 Å². The normalized spacial score (nSPS) is 17.2. The second kappa shape index (κ2) is 17.7. The van der Waals surface area contributed by atoms with Crippen molar-refractivity contribution in [2.45, 2.75) is 96.4 Å². The lowest BCUT2D eigenvalue weighted by Gasteiger charge is -2.40. The highest BCUT2D eigenvalue weighted by molar-refractivity contribution is 5.96. The molecule has 10 nitrogen and oxygen atoms in total. The molecule has 0 unspecified atom stereocenters. The Morgan fingerprint density at radius 1 is 0.855 bits per heavy atom. The highest BCUT2D eigenvalue weighted by Gasteiger charge is 2.43. The van der Waals surface area contributed by atoms with Crippen LogP contribution in [-0.2, 0) is 36.9 Å². The van der Waals surface area contributed by atoms with E-state index in [1.165, 1.54) is 7.11 Å². The van der Waals surface area contributed by atoms with Gasteiger partial charge in [-0.3, -0.25) is 14.4 Å². The van der Waals surface area contributed by atoms with Gasteiger partial charge in [0.05, 0.1) is 13.0 Å². The molecule has 1 aromatic heterocycles. The third-order valence-electron chi connectivity index (χ3n) is 10.7. The Morgan fingerprint density at radius 2 is 1.62 bits per heavy atom. The largest absolute Gasteiger partial charge is 0.469 e. The molecule has 0 radical (unpaired) electrons. The number of Topliss-reactive ketones (excluding diaryl/α,β-unsaturated/α-hetero) is 1. The van der Waals surface area contributed by atoms with Gasteiger partial charge in [-0.25, -0.2) is 4.79 Å². The number of hydrogen-bond acceptors (Lipinski definition) is 7. The number of piperidine rings is 1. The number of rotatable bonds is 15. The summed E-state index contributed by atoms with van der Waals surface area (Å²) in [6, 6.07) is 24.4. The highest BCUT2D eigenvalue weighted by atomic mass is 16.6. The maximum absolute atomic E-state index is 15.0. The molecule has 3 aromatic carbocycles. The van der Waals surface area contributed by atoms with Gasteiger partial charge in [-0.1, -0.05) is 66.7 Å². The van der Waals surface area contributed by atoms with Crippen LogP contribution in [0.25, 0.3) is 22.0 Å². The molecule has 2 atom stereocenters. The van der Waals surface area contributed by atoms with Gasteiger partial charge >= 0.3 is 12.1 Å². The lowest BCUT2D eigenvalue weighted by atomic mass is 9.79. The average molecular weight is 750 g/mol. The second-order valence-electron chi connectivity index (χ2n) is 15.9. The van der Waals surface area contributed by atoms with Crippen molar-refractivity contribution < 1.29 is 33.4 Å². The minimum absolute atomic E-state index is 0.0156. The van der Waals surface area contributed by atoms with E-state index in [1.54, 1.807) is 12.0 Å². The minimum Gasteiger partial charge on any atom is -0.469 e. The number of likely N-dealkylation sites (tertiary alicyclic amines) is 1. The fraction of sp³-hybridized carbons (Fsp3) is 0.467. The van der Waals surface area contributed by atoms with Crippen molar-refractivity contribution in [1.82, 2.24) is 14.4 Å². The number of ether oxygens (including phenoxy) is 3. The quantitative estimate of drug-likeness (QED) is 0.0683. The number of ketones is 1. The first-order valence-electron chi connectivity index (χ1n) is 19.6. The number of aryl methyl sites for hydroxylation is 1. The number of nitrogens with zero attached hydrogens (tertiary/aromatic N) is 3. The van der Waals surface area contributed by atoms with E-state index in [0.717, 1.165) is 59.0 Å². The molecule has 1 saturated heterocycles. The summed E-state index contributed by atoms with van der Waals surface area (Å²) in [6.07, 6.45) is 6.17. The van der Waals surface area contributed by atoms with E-state index in [0.29, 0.717) is 38.1 Å². The van der Waals surface area contributed by atoms with E-state index in [9.17, 15) is 14.4 Å². The molecule has 292 valence electrons. The Hall–Kier alpha value is -4.96. The first kappa shape index (κ1) is 39.7. The van der Waals surface area contributed by atoms with Gasteiger partial charge in [0.25, 0.3) is 0 Å². The number of esters is 1. The number of hydrogen-bond donors (Lipinski definition) is 0. The molecule has 1 saturated carbocycles. The summed E-state index contributed by atoms with van der Waals surface area (Å²) < 4.78 is 18.1. The van der Waals surface area contributed by atoms with Crippen molar-refractivity contribution in [1.29, 1.82) is 0 Å². The van der Waals surface area contributed by atoms with Gasteiger partial charge in [-0.15, -0.1) is 0 Å². The predicted molar refractivity (Wildman–Crippen MR) is 213 cm³/mol. The second-order valence-corrected chi connectivity index (χ2v) is 15.9. The average Bonchev–Trinajstić information content (AvgIpc) is 3.97. The topological polar surface area (TPSA) is 107 Å². The van der Waals surface area contributed by atoms with Crippen LogP contribution in [0.2, 0.25) is 0 Å². The maximum atomic E-state index is 15.0. The standard InChI is InChI=1S/C45H55N3O7/c1-45(2,3)55-44(52)47-25-23-37(34-12-8-11-33(27-34)31-17-19-32(20-18-31)41(49)15-9-16-42(50)54-5)39(30-47)43(51)48(36-21-22-36)29-35-28-46(24-10-26-53-4)40-14-7-6-13-38(35)40/h6-8,11-14,17-20,27-28,36-37,39H,9-10,15-16,21-26,29-30H2,1-5H3/t37-,39+/m1/s1. The zero-order valence-electron chi connectivity index (χ0n) is 32.9. The molecule has 2 amide bonds. The number of methoxy groups -OCH3 is 2. The van der Waals surface area contributed by atoms with Gasteiger partial charge in [0.1, 0.15) is 5.60 Å². The van der Waals surface area contributed by atoms with E-state index in [4.69, 9.17) is 9.47 Å². The van der Waals surface area contributed by atoms with Crippen LogP contribution in [-0.4, -0.2) is 83.7 Å². The summed E-state index contributed by atoms with van der Waals surface area (Å²) >= 11 is 0. The molecule has 6 rings (SSSR count). The lowest BCUT2D eigenvalue weighted by molar-refractivity contribution is -0.141. The molecule has 0 bridgehead atoms. The van der Waals surface area contributed by atoms with Crippen LogP contribution in [0.4, 0.5) is 4.79 Å². The molecule has 2 heterocycles. The van der Waals surface area contributed by atoms with Crippen LogP contribution in [0.5, 0.6) is 0 Å². The summed E-state index contributed by atoms with van der Waals surface area (Å²) in [4.78, 5) is 56.5. The van der Waals surface area contributed by atoms with Crippen molar-refractivity contribution in [2.24, 2.45) is 5.92 Å². The van der Waals surface area contributed by atoms with Gasteiger partial charge in [-0.2, -0.15) is 0 Å². The van der Waals surface area contributed by atoms with E-state index in [-0.39, 0.29) is 49.0 Å². The Balaban J connectivity index is 1.26. The monoisotopic (exact) mass is 749 g/mol. The lowest BCUT2D eigenvalue weighted by Crippen LogP contribution is -2.51. The fourth-order valence-electron chi connectivity index (χ4n) is 7.71. The van der Waals surface area contributed by atoms with Crippen molar-refractivity contribution in [3.05, 3.63) is 95.7 Å². The summed E-state index contributed by atoms with van der Waals surface area (Å²) in [5.41, 5.74) is 5.22. The maximum Gasteiger partial charge on any atom is 0.410 e. The first-order chi connectivity index (χ1) is 26.5. The number of benzene rings is 3. The molecular formula is C45H55N3O7. The van der Waals surface area contributed by atoms with Crippen LogP contribution in [0, 0.1) is 5.92 Å². The Labute approximate surface area is 324 Å². The number of carbonyl (C=O) groups excluding carboxylic acids is 4.